The molecule has 2 aromatic carbocycles. The number of ether oxygens (including phenoxy) is 3. The van der Waals surface area contributed by atoms with Crippen molar-refractivity contribution < 1.29 is 23.2 Å². The third-order valence-electron chi connectivity index (χ3n) is 5.19. The van der Waals surface area contributed by atoms with Crippen molar-refractivity contribution in [3.8, 4) is 28.4 Å². The summed E-state index contributed by atoms with van der Waals surface area (Å²) in [6, 6.07) is 6.32. The lowest BCUT2D eigenvalue weighted by Gasteiger charge is -2.19. The monoisotopic (exact) mass is 431 g/mol. The van der Waals surface area contributed by atoms with Gasteiger partial charge in [0.1, 0.15) is 0 Å². The van der Waals surface area contributed by atoms with Crippen LogP contribution >= 0.6 is 0 Å². The summed E-state index contributed by atoms with van der Waals surface area (Å²) in [5, 5.41) is 2.94. The van der Waals surface area contributed by atoms with Crippen LogP contribution in [0.3, 0.4) is 0 Å². The molecule has 7 nitrogen and oxygen atoms in total. The maximum Gasteiger partial charge on any atom is 0.217 e. The van der Waals surface area contributed by atoms with Crippen molar-refractivity contribution in [2.45, 2.75) is 30.7 Å². The number of rotatable bonds is 5. The fourth-order valence-corrected chi connectivity index (χ4v) is 4.53. The van der Waals surface area contributed by atoms with E-state index in [0.29, 0.717) is 41.2 Å². The lowest BCUT2D eigenvalue weighted by atomic mass is 9.95. The molecule has 3 rings (SSSR count). The SMILES string of the molecule is COc1cc2c(c(OC)c1OC)-c1ccc(S(C)=O)c(=O)cc1[C@@H](NC(C)=O)CC2. The Labute approximate surface area is 177 Å². The fraction of sp³-hybridized carbons (Fsp3) is 0.364. The molecule has 1 aliphatic carbocycles. The van der Waals surface area contributed by atoms with Gasteiger partial charge >= 0.3 is 0 Å². The predicted octanol–water partition coefficient (Wildman–Crippen LogP) is 2.60. The van der Waals surface area contributed by atoms with Gasteiger partial charge in [0.15, 0.2) is 16.9 Å². The summed E-state index contributed by atoms with van der Waals surface area (Å²) in [5.41, 5.74) is 2.73. The number of fused-ring (bicyclic) bond motifs is 3. The molecule has 1 amide bonds. The summed E-state index contributed by atoms with van der Waals surface area (Å²) >= 11 is 0. The van der Waals surface area contributed by atoms with Gasteiger partial charge in [0.05, 0.1) is 43.1 Å². The van der Waals surface area contributed by atoms with Gasteiger partial charge in [-0.2, -0.15) is 0 Å². The largest absolute Gasteiger partial charge is 0.493 e. The molecule has 1 unspecified atom stereocenters. The summed E-state index contributed by atoms with van der Waals surface area (Å²) in [4.78, 5) is 24.9. The zero-order chi connectivity index (χ0) is 22.0. The number of aryl methyl sites for hydroxylation is 1. The van der Waals surface area contributed by atoms with Crippen LogP contribution < -0.4 is 25.0 Å². The molecule has 0 spiro atoms. The van der Waals surface area contributed by atoms with Crippen molar-refractivity contribution in [2.75, 3.05) is 27.6 Å². The predicted molar refractivity (Wildman–Crippen MR) is 115 cm³/mol. The molecule has 8 heteroatoms. The number of amides is 1. The molecule has 2 atom stereocenters. The van der Waals surface area contributed by atoms with Crippen molar-refractivity contribution in [1.82, 2.24) is 5.32 Å². The Bertz CT molecular complexity index is 1080. The fourth-order valence-electron chi connectivity index (χ4n) is 3.93. The van der Waals surface area contributed by atoms with E-state index in [1.165, 1.54) is 26.4 Å². The molecule has 0 radical (unpaired) electrons. The zero-order valence-corrected chi connectivity index (χ0v) is 18.5. The van der Waals surface area contributed by atoms with E-state index in [1.807, 2.05) is 6.07 Å². The summed E-state index contributed by atoms with van der Waals surface area (Å²) in [6.45, 7) is 1.44. The molecule has 1 aliphatic rings. The average Bonchev–Trinajstić information content (AvgIpc) is 2.95. The third kappa shape index (κ3) is 3.92. The molecule has 0 heterocycles. The summed E-state index contributed by atoms with van der Waals surface area (Å²) in [6.07, 6.45) is 2.66. The van der Waals surface area contributed by atoms with Gasteiger partial charge in [0, 0.05) is 18.7 Å². The van der Waals surface area contributed by atoms with Crippen LogP contribution in [-0.2, 0) is 22.0 Å². The lowest BCUT2D eigenvalue weighted by molar-refractivity contribution is -0.119. The normalized spacial score (nSPS) is 15.8. The molecule has 1 N–H and O–H groups in total. The van der Waals surface area contributed by atoms with E-state index in [0.717, 1.165) is 11.1 Å². The van der Waals surface area contributed by atoms with Crippen molar-refractivity contribution in [3.05, 3.63) is 45.6 Å². The Kier molecular flexibility index (Phi) is 6.45. The standard InChI is InChI=1S/C22H25NO6S/c1-12(24)23-16-8-6-13-10-18(27-2)21(28-3)22(29-4)20(13)14-7-9-19(30(5)26)17(25)11-15(14)16/h7,9-11,16H,6,8H2,1-5H3,(H,23,24)/t16-,30?/m0/s1. The number of nitrogens with one attached hydrogen (secondary N) is 1. The number of hydrogen-bond donors (Lipinski definition) is 1. The molecule has 30 heavy (non-hydrogen) atoms. The number of methoxy groups -OCH3 is 3. The molecular formula is C22H25NO6S. The van der Waals surface area contributed by atoms with Gasteiger partial charge in [-0.3, -0.25) is 13.8 Å². The first-order valence-electron chi connectivity index (χ1n) is 9.43. The van der Waals surface area contributed by atoms with Gasteiger partial charge in [-0.15, -0.1) is 0 Å². The van der Waals surface area contributed by atoms with E-state index in [9.17, 15) is 13.8 Å². The molecule has 0 aliphatic heterocycles. The second-order valence-electron chi connectivity index (χ2n) is 7.00. The third-order valence-corrected chi connectivity index (χ3v) is 6.14. The Hall–Kier alpha value is -2.87. The first kappa shape index (κ1) is 21.8. The molecule has 0 fully saturated rings. The average molecular weight is 432 g/mol. The highest BCUT2D eigenvalue weighted by Gasteiger charge is 2.29. The quantitative estimate of drug-likeness (QED) is 0.783. The van der Waals surface area contributed by atoms with E-state index in [1.54, 1.807) is 26.4 Å². The molecule has 0 saturated heterocycles. The highest BCUT2D eigenvalue weighted by atomic mass is 32.2. The molecule has 0 bridgehead atoms. The van der Waals surface area contributed by atoms with Crippen LogP contribution in [0.1, 0.15) is 30.5 Å². The van der Waals surface area contributed by atoms with Gasteiger partial charge in [-0.25, -0.2) is 0 Å². The van der Waals surface area contributed by atoms with Crippen LogP contribution in [0, 0.1) is 0 Å². The first-order valence-corrected chi connectivity index (χ1v) is 11.0. The van der Waals surface area contributed by atoms with Gasteiger partial charge in [0.25, 0.3) is 0 Å². The second-order valence-corrected chi connectivity index (χ2v) is 8.35. The highest BCUT2D eigenvalue weighted by molar-refractivity contribution is 7.84. The van der Waals surface area contributed by atoms with Crippen LogP contribution in [0.2, 0.25) is 0 Å². The summed E-state index contributed by atoms with van der Waals surface area (Å²) in [7, 11) is 3.18. The molecule has 2 aromatic rings. The second kappa shape index (κ2) is 8.87. The van der Waals surface area contributed by atoms with Crippen molar-refractivity contribution in [3.63, 3.8) is 0 Å². The Morgan fingerprint density at radius 1 is 1.10 bits per heavy atom. The smallest absolute Gasteiger partial charge is 0.217 e. The number of carbonyl (C=O) groups is 1. The maximum absolute atomic E-state index is 12.8. The van der Waals surface area contributed by atoms with E-state index in [4.69, 9.17) is 14.2 Å². The molecule has 160 valence electrons. The van der Waals surface area contributed by atoms with E-state index in [2.05, 4.69) is 5.32 Å². The Morgan fingerprint density at radius 2 is 1.80 bits per heavy atom. The summed E-state index contributed by atoms with van der Waals surface area (Å²) < 4.78 is 28.8. The minimum Gasteiger partial charge on any atom is -0.493 e. The van der Waals surface area contributed by atoms with E-state index < -0.39 is 10.8 Å². The lowest BCUT2D eigenvalue weighted by Crippen LogP contribution is -2.26. The van der Waals surface area contributed by atoms with Crippen molar-refractivity contribution in [1.29, 1.82) is 0 Å². The molecular weight excluding hydrogens is 406 g/mol. The minimum absolute atomic E-state index is 0.197. The topological polar surface area (TPSA) is 90.9 Å². The molecule has 0 saturated carbocycles. The number of hydrogen-bond acceptors (Lipinski definition) is 6. The van der Waals surface area contributed by atoms with Gasteiger partial charge in [-0.05, 0) is 47.7 Å². The zero-order valence-electron chi connectivity index (χ0n) is 17.7. The van der Waals surface area contributed by atoms with Crippen molar-refractivity contribution in [2.24, 2.45) is 0 Å². The minimum atomic E-state index is -1.45. The van der Waals surface area contributed by atoms with Crippen LogP contribution in [0.4, 0.5) is 0 Å². The first-order chi connectivity index (χ1) is 14.3. The molecule has 0 aromatic heterocycles. The summed E-state index contributed by atoms with van der Waals surface area (Å²) in [5.74, 6) is 1.26. The van der Waals surface area contributed by atoms with Gasteiger partial charge in [0.2, 0.25) is 11.7 Å². The van der Waals surface area contributed by atoms with Crippen LogP contribution in [0.15, 0.2) is 34.0 Å². The number of carbonyl (C=O) groups excluding carboxylic acids is 1. The van der Waals surface area contributed by atoms with Gasteiger partial charge in [-0.1, -0.05) is 6.07 Å². The Morgan fingerprint density at radius 3 is 2.37 bits per heavy atom. The van der Waals surface area contributed by atoms with Crippen LogP contribution in [0.5, 0.6) is 17.2 Å². The highest BCUT2D eigenvalue weighted by Crippen LogP contribution is 2.50. The Balaban J connectivity index is 2.44. The maximum atomic E-state index is 12.8. The van der Waals surface area contributed by atoms with Crippen LogP contribution in [-0.4, -0.2) is 37.7 Å². The number of benzene rings is 1. The van der Waals surface area contributed by atoms with Crippen molar-refractivity contribution >= 4 is 16.7 Å². The van der Waals surface area contributed by atoms with Crippen LogP contribution in [0.25, 0.3) is 11.1 Å². The van der Waals surface area contributed by atoms with E-state index >= 15 is 0 Å². The van der Waals surface area contributed by atoms with E-state index in [-0.39, 0.29) is 22.3 Å². The van der Waals surface area contributed by atoms with Gasteiger partial charge < -0.3 is 19.5 Å².